The molecule has 21 N–H and O–H groups in total. The van der Waals surface area contributed by atoms with Crippen molar-refractivity contribution in [3.05, 3.63) is 12.7 Å². The van der Waals surface area contributed by atoms with Gasteiger partial charge in [-0.1, -0.05) is 6.58 Å². The first-order valence-electron chi connectivity index (χ1n) is 25.8. The zero-order valence-electron chi connectivity index (χ0n) is 42.5. The van der Waals surface area contributed by atoms with Crippen LogP contribution in [-0.2, 0) is 71.1 Å². The smallest absolute Gasteiger partial charge is 0.243 e. The molecule has 468 valence electrons. The summed E-state index contributed by atoms with van der Waals surface area (Å²) in [6.45, 7) is -3.64. The molecule has 0 unspecified atom stereocenters. The Morgan fingerprint density at radius 1 is 0.284 bits per heavy atom. The molecule has 0 spiro atoms. The zero-order valence-corrected chi connectivity index (χ0v) is 42.5. The van der Waals surface area contributed by atoms with Gasteiger partial charge in [-0.2, -0.15) is 0 Å². The molecule has 1 amide bonds. The van der Waals surface area contributed by atoms with E-state index in [1.54, 1.807) is 0 Å². The number of aliphatic hydroxyl groups excluding tert-OH is 20. The number of ether oxygens (including phenoxy) is 14. The van der Waals surface area contributed by atoms with Gasteiger partial charge in [0.15, 0.2) is 44.0 Å². The number of amides is 1. The molecule has 81 heavy (non-hydrogen) atoms. The van der Waals surface area contributed by atoms with Gasteiger partial charge in [-0.25, -0.2) is 0 Å². The molecule has 0 aliphatic carbocycles. The number of aliphatic hydroxyl groups is 20. The molecule has 21 aliphatic heterocycles. The van der Waals surface area contributed by atoms with Gasteiger partial charge in [0, 0.05) is 6.54 Å². The van der Waals surface area contributed by atoms with Crippen LogP contribution in [0.1, 0.15) is 0 Å². The molecule has 21 heterocycles. The van der Waals surface area contributed by atoms with Gasteiger partial charge in [0.1, 0.15) is 171 Å². The monoisotopic (exact) mass is 1190 g/mol. The van der Waals surface area contributed by atoms with Crippen LogP contribution in [0.4, 0.5) is 0 Å². The summed E-state index contributed by atoms with van der Waals surface area (Å²) in [5.41, 5.74) is 0. The Morgan fingerprint density at radius 3 is 0.605 bits per heavy atom. The van der Waals surface area contributed by atoms with Crippen LogP contribution in [0.15, 0.2) is 12.7 Å². The van der Waals surface area contributed by atoms with Crippen molar-refractivity contribution in [2.75, 3.05) is 46.2 Å². The fourth-order valence-electron chi connectivity index (χ4n) is 10.7. The fourth-order valence-corrected chi connectivity index (χ4v) is 10.7. The Bertz CT molecular complexity index is 1990. The molecule has 36 nitrogen and oxygen atoms in total. The first kappa shape index (κ1) is 64.8. The first-order valence-corrected chi connectivity index (χ1v) is 25.8. The molecular weight excluding hydrogens is 1110 g/mol. The lowest BCUT2D eigenvalue weighted by Gasteiger charge is -2.50. The number of carbonyl (C=O) groups excluding carboxylic acids is 1. The molecule has 0 saturated carbocycles. The third-order valence-corrected chi connectivity index (χ3v) is 15.3. The summed E-state index contributed by atoms with van der Waals surface area (Å²) in [7, 11) is 0. The van der Waals surface area contributed by atoms with Crippen molar-refractivity contribution < 1.29 is 173 Å². The van der Waals surface area contributed by atoms with Gasteiger partial charge >= 0.3 is 0 Å². The average molecular weight is 1190 g/mol. The number of nitrogens with one attached hydrogen (secondary N) is 1. The second-order valence-electron chi connectivity index (χ2n) is 20.4. The van der Waals surface area contributed by atoms with Crippen LogP contribution in [0.5, 0.6) is 0 Å². The third-order valence-electron chi connectivity index (χ3n) is 15.3. The van der Waals surface area contributed by atoms with Crippen LogP contribution >= 0.6 is 0 Å². The summed E-state index contributed by atoms with van der Waals surface area (Å²) < 4.78 is 80.3. The zero-order chi connectivity index (χ0) is 59.0. The molecule has 0 aromatic rings. The Hall–Kier alpha value is -2.15. The molecule has 21 saturated heterocycles. The summed E-state index contributed by atoms with van der Waals surface area (Å²) in [5.74, 6) is -0.815. The summed E-state index contributed by atoms with van der Waals surface area (Å²) in [4.78, 5) is 12.4. The molecule has 21 fully saturated rings. The Labute approximate surface area is 457 Å². The molecular formula is C45H73NO35. The topological polar surface area (TPSA) is 563 Å². The van der Waals surface area contributed by atoms with Gasteiger partial charge in [-0.3, -0.25) is 4.79 Å². The lowest BCUT2D eigenvalue weighted by Crippen LogP contribution is -2.68. The van der Waals surface area contributed by atoms with Crippen molar-refractivity contribution in [1.29, 1.82) is 0 Å². The second-order valence-corrected chi connectivity index (χ2v) is 20.4. The summed E-state index contributed by atoms with van der Waals surface area (Å²) in [6, 6.07) is 0. The predicted molar refractivity (Wildman–Crippen MR) is 245 cm³/mol. The first-order chi connectivity index (χ1) is 38.5. The number of rotatable bonds is 9. The number of hydrogen-bond acceptors (Lipinski definition) is 35. The van der Waals surface area contributed by atoms with E-state index in [2.05, 4.69) is 11.9 Å². The van der Waals surface area contributed by atoms with Gasteiger partial charge in [-0.15, -0.1) is 0 Å². The molecule has 21 rings (SSSR count). The van der Waals surface area contributed by atoms with Crippen LogP contribution in [0.2, 0.25) is 0 Å². The standard InChI is InChI=1S/C45H73NO35/c1-2-17(53)46-3-10-32-18(54)25(61)39(68-10)76-33-11(4-47)70-41(27(63)20(33)56)78-35-13(6-49)72-43(29(65)22(35)58)80-37-15(8-51)74-45(31(67)24(37)60)81-38-16(9-52)73-44(30(66)23(38)59)79-36-14(7-50)71-42(28(64)21(36)57)77-34-12(5-48)69-40(75-32)26(62)19(34)55/h2,10-16,18-45,47-52,54-67H,1,3-9H2,(H,46,53)/t10-,11-,12-,13-,14-,15-,16-,18-,19-,20-,21-,22-,23-,24-,25-,26-,27-,28-,29-,30-,31-,32-,33-,34-,35-,36-,37-,38-,39-,40-,41-,42-,43-,44-,45-/m1/s1. The minimum absolute atomic E-state index is 0.625. The van der Waals surface area contributed by atoms with Gasteiger partial charge in [0.25, 0.3) is 0 Å². The van der Waals surface area contributed by atoms with Crippen molar-refractivity contribution >= 4 is 5.91 Å². The van der Waals surface area contributed by atoms with E-state index in [-0.39, 0.29) is 0 Å². The highest BCUT2D eigenvalue weighted by Gasteiger charge is 2.59. The van der Waals surface area contributed by atoms with Crippen molar-refractivity contribution in [2.45, 2.75) is 215 Å². The van der Waals surface area contributed by atoms with Crippen LogP contribution < -0.4 is 5.32 Å². The Kier molecular flexibility index (Phi) is 22.2. The molecule has 14 bridgehead atoms. The quantitative estimate of drug-likeness (QED) is 0.0953. The Balaban J connectivity index is 1.10. The normalized spacial score (nSPS) is 53.1. The van der Waals surface area contributed by atoms with Crippen LogP contribution in [-0.4, -0.2) is 369 Å². The van der Waals surface area contributed by atoms with Crippen molar-refractivity contribution in [2.24, 2.45) is 0 Å². The minimum Gasteiger partial charge on any atom is -0.394 e. The predicted octanol–water partition coefficient (Wildman–Crippen LogP) is -14.9. The maximum absolute atomic E-state index is 12.4. The van der Waals surface area contributed by atoms with E-state index in [1.165, 1.54) is 0 Å². The van der Waals surface area contributed by atoms with E-state index in [0.29, 0.717) is 0 Å². The van der Waals surface area contributed by atoms with Crippen LogP contribution in [0.25, 0.3) is 0 Å². The summed E-state index contributed by atoms with van der Waals surface area (Å²) >= 11 is 0. The fraction of sp³-hybridized carbons (Fsp3) is 0.933. The number of carbonyl (C=O) groups is 1. The summed E-state index contributed by atoms with van der Waals surface area (Å²) in [6.07, 6.45) is -69.9. The SMILES string of the molecule is C=CC(=O)NC[C@H]1O[C@@H]2O[C@H]3[C@H](O)[C@@H](O)[C@@H](O[C@H]4[C@H](O)[C@@H](O)[C@@H](O[C@H]5[C@H](O)[C@@H](O)[C@@H](O[C@H]6[C@H](O)[C@@H](O)[C@@H](O[C@H]7[C@H](O)[C@@H](O)[C@@H](O[C@H]8[C@H](O)[C@@H](O)[C@@H](O[C@H]1[C@H](O)[C@H]2O)O[C@@H]8CO)O[C@@H]7CO)O[C@@H]6CO)O[C@@H]5CO)O[C@@H]4CO)O[C@@H]3CO. The maximum atomic E-state index is 12.4. The lowest BCUT2D eigenvalue weighted by molar-refractivity contribution is -0.396. The molecule has 0 aromatic carbocycles. The molecule has 36 heteroatoms. The van der Waals surface area contributed by atoms with E-state index in [1.807, 2.05) is 0 Å². The number of hydrogen-bond donors (Lipinski definition) is 21. The van der Waals surface area contributed by atoms with E-state index in [9.17, 15) is 107 Å². The van der Waals surface area contributed by atoms with Crippen LogP contribution in [0.3, 0.4) is 0 Å². The van der Waals surface area contributed by atoms with E-state index < -0.39 is 267 Å². The van der Waals surface area contributed by atoms with E-state index in [4.69, 9.17) is 66.3 Å². The second kappa shape index (κ2) is 27.7. The van der Waals surface area contributed by atoms with Gasteiger partial charge in [0.2, 0.25) is 5.91 Å². The largest absolute Gasteiger partial charge is 0.394 e. The Morgan fingerprint density at radius 2 is 0.444 bits per heavy atom. The molecule has 0 aromatic heterocycles. The lowest BCUT2D eigenvalue weighted by atomic mass is 9.95. The van der Waals surface area contributed by atoms with Crippen LogP contribution in [0, 0.1) is 0 Å². The van der Waals surface area contributed by atoms with Gasteiger partial charge in [-0.05, 0) is 6.08 Å². The summed E-state index contributed by atoms with van der Waals surface area (Å²) in [5, 5.41) is 224. The highest BCUT2D eigenvalue weighted by Crippen LogP contribution is 2.39. The highest BCUT2D eigenvalue weighted by molar-refractivity contribution is 5.86. The third kappa shape index (κ3) is 13.1. The average Bonchev–Trinajstić information content (AvgIpc) is 3.59. The molecule has 35 atom stereocenters. The van der Waals surface area contributed by atoms with Crippen molar-refractivity contribution in [1.82, 2.24) is 5.32 Å². The van der Waals surface area contributed by atoms with Crippen molar-refractivity contribution in [3.63, 3.8) is 0 Å². The van der Waals surface area contributed by atoms with E-state index >= 15 is 0 Å². The minimum atomic E-state index is -2.24. The maximum Gasteiger partial charge on any atom is 0.243 e. The molecule has 21 aliphatic rings. The van der Waals surface area contributed by atoms with E-state index in [0.717, 1.165) is 6.08 Å². The molecule has 0 radical (unpaired) electrons. The van der Waals surface area contributed by atoms with Gasteiger partial charge < -0.3 is 174 Å². The highest BCUT2D eigenvalue weighted by atomic mass is 16.8. The van der Waals surface area contributed by atoms with Crippen molar-refractivity contribution in [3.8, 4) is 0 Å². The van der Waals surface area contributed by atoms with Gasteiger partial charge in [0.05, 0.1) is 39.6 Å².